The highest BCUT2D eigenvalue weighted by Gasteiger charge is 2.19. The summed E-state index contributed by atoms with van der Waals surface area (Å²) in [5, 5.41) is 8.70. The number of carboxylic acid groups (broad SMARTS) is 1. The van der Waals surface area contributed by atoms with Crippen LogP contribution in [0.1, 0.15) is 34.1 Å². The van der Waals surface area contributed by atoms with E-state index >= 15 is 0 Å². The highest BCUT2D eigenvalue weighted by molar-refractivity contribution is 5.90. The lowest BCUT2D eigenvalue weighted by Crippen LogP contribution is -2.41. The lowest BCUT2D eigenvalue weighted by atomic mass is 10.2. The monoisotopic (exact) mass is 213 g/mol. The molecular formula is C11H19NO3. The second kappa shape index (κ2) is 6.22. The highest BCUT2D eigenvalue weighted by Crippen LogP contribution is 2.05. The quantitative estimate of drug-likeness (QED) is 0.707. The fourth-order valence-corrected chi connectivity index (χ4v) is 1.15. The Labute approximate surface area is 90.6 Å². The van der Waals surface area contributed by atoms with E-state index in [-0.39, 0.29) is 18.5 Å². The highest BCUT2D eigenvalue weighted by atomic mass is 16.4. The summed E-state index contributed by atoms with van der Waals surface area (Å²) < 4.78 is 0. The maximum absolute atomic E-state index is 11.7. The number of amides is 1. The topological polar surface area (TPSA) is 57.6 Å². The normalized spacial score (nSPS) is 11.7. The van der Waals surface area contributed by atoms with Crippen LogP contribution in [0.5, 0.6) is 0 Å². The molecule has 0 saturated carbocycles. The number of carboxylic acids is 1. The molecule has 4 heteroatoms. The SMILES string of the molecule is CCC(C)N(CC(=O)O)C(=O)C=C(C)C. The van der Waals surface area contributed by atoms with E-state index in [0.717, 1.165) is 12.0 Å². The largest absolute Gasteiger partial charge is 0.480 e. The van der Waals surface area contributed by atoms with Crippen LogP contribution >= 0.6 is 0 Å². The number of carbonyl (C=O) groups is 2. The van der Waals surface area contributed by atoms with E-state index in [2.05, 4.69) is 0 Å². The molecule has 0 aliphatic heterocycles. The zero-order chi connectivity index (χ0) is 12.0. The third kappa shape index (κ3) is 5.20. The summed E-state index contributed by atoms with van der Waals surface area (Å²) in [5.74, 6) is -1.21. The standard InChI is InChI=1S/C11H19NO3/c1-5-9(4)12(7-11(14)15)10(13)6-8(2)3/h6,9H,5,7H2,1-4H3,(H,14,15). The van der Waals surface area contributed by atoms with Crippen LogP contribution in [0.25, 0.3) is 0 Å². The van der Waals surface area contributed by atoms with Gasteiger partial charge in [0, 0.05) is 12.1 Å². The molecule has 0 radical (unpaired) electrons. The van der Waals surface area contributed by atoms with Crippen LogP contribution in [0.3, 0.4) is 0 Å². The molecule has 15 heavy (non-hydrogen) atoms. The first kappa shape index (κ1) is 13.7. The van der Waals surface area contributed by atoms with Crippen molar-refractivity contribution < 1.29 is 14.7 Å². The predicted molar refractivity (Wildman–Crippen MR) is 58.5 cm³/mol. The van der Waals surface area contributed by atoms with E-state index in [1.807, 2.05) is 27.7 Å². The molecule has 1 atom stereocenters. The van der Waals surface area contributed by atoms with E-state index in [4.69, 9.17) is 5.11 Å². The molecule has 0 aliphatic rings. The number of allylic oxidation sites excluding steroid dienone is 1. The van der Waals surface area contributed by atoms with Crippen LogP contribution in [-0.4, -0.2) is 34.5 Å². The van der Waals surface area contributed by atoms with Gasteiger partial charge < -0.3 is 10.0 Å². The Hall–Kier alpha value is -1.32. The molecule has 0 aromatic carbocycles. The summed E-state index contributed by atoms with van der Waals surface area (Å²) in [4.78, 5) is 23.7. The average Bonchev–Trinajstić information content (AvgIpc) is 2.11. The minimum atomic E-state index is -0.981. The van der Waals surface area contributed by atoms with Crippen molar-refractivity contribution in [1.29, 1.82) is 0 Å². The number of hydrogen-bond donors (Lipinski definition) is 1. The van der Waals surface area contributed by atoms with Gasteiger partial charge >= 0.3 is 5.97 Å². The molecule has 1 unspecified atom stereocenters. The Morgan fingerprint density at radius 1 is 1.40 bits per heavy atom. The van der Waals surface area contributed by atoms with E-state index in [1.165, 1.54) is 11.0 Å². The van der Waals surface area contributed by atoms with Crippen molar-refractivity contribution >= 4 is 11.9 Å². The summed E-state index contributed by atoms with van der Waals surface area (Å²) in [6.07, 6.45) is 2.21. The summed E-state index contributed by atoms with van der Waals surface area (Å²) >= 11 is 0. The summed E-state index contributed by atoms with van der Waals surface area (Å²) in [5.41, 5.74) is 0.874. The van der Waals surface area contributed by atoms with Crippen LogP contribution in [0.2, 0.25) is 0 Å². The fraction of sp³-hybridized carbons (Fsp3) is 0.636. The molecule has 0 heterocycles. The average molecular weight is 213 g/mol. The van der Waals surface area contributed by atoms with E-state index in [0.29, 0.717) is 0 Å². The van der Waals surface area contributed by atoms with Gasteiger partial charge in [-0.05, 0) is 27.2 Å². The van der Waals surface area contributed by atoms with Crippen molar-refractivity contribution in [3.63, 3.8) is 0 Å². The van der Waals surface area contributed by atoms with E-state index < -0.39 is 5.97 Å². The first-order chi connectivity index (χ1) is 6.88. The van der Waals surface area contributed by atoms with Crippen LogP contribution < -0.4 is 0 Å². The predicted octanol–water partition coefficient (Wildman–Crippen LogP) is 1.66. The van der Waals surface area contributed by atoms with Crippen molar-refractivity contribution in [2.75, 3.05) is 6.54 Å². The molecule has 0 saturated heterocycles. The molecule has 1 N–H and O–H groups in total. The molecule has 0 spiro atoms. The van der Waals surface area contributed by atoms with Gasteiger partial charge in [0.15, 0.2) is 0 Å². The molecule has 0 bridgehead atoms. The Bertz CT molecular complexity index is 267. The Kier molecular flexibility index (Phi) is 5.67. The second-order valence-electron chi connectivity index (χ2n) is 3.84. The molecule has 4 nitrogen and oxygen atoms in total. The molecule has 0 aromatic rings. The first-order valence-electron chi connectivity index (χ1n) is 5.05. The van der Waals surface area contributed by atoms with Crippen LogP contribution in [0, 0.1) is 0 Å². The third-order valence-corrected chi connectivity index (χ3v) is 2.12. The zero-order valence-corrected chi connectivity index (χ0v) is 9.78. The smallest absolute Gasteiger partial charge is 0.323 e. The maximum atomic E-state index is 11.7. The lowest BCUT2D eigenvalue weighted by Gasteiger charge is -2.25. The number of carbonyl (C=O) groups excluding carboxylic acids is 1. The third-order valence-electron chi connectivity index (χ3n) is 2.12. The maximum Gasteiger partial charge on any atom is 0.323 e. The van der Waals surface area contributed by atoms with Gasteiger partial charge in [0.05, 0.1) is 0 Å². The van der Waals surface area contributed by atoms with Crippen LogP contribution in [-0.2, 0) is 9.59 Å². The van der Waals surface area contributed by atoms with Gasteiger partial charge in [0.1, 0.15) is 6.54 Å². The Morgan fingerprint density at radius 2 is 1.93 bits per heavy atom. The van der Waals surface area contributed by atoms with Crippen molar-refractivity contribution in [2.24, 2.45) is 0 Å². The lowest BCUT2D eigenvalue weighted by molar-refractivity contribution is -0.144. The minimum absolute atomic E-state index is 0.0517. The molecular weight excluding hydrogens is 194 g/mol. The first-order valence-corrected chi connectivity index (χ1v) is 5.05. The number of rotatable bonds is 5. The molecule has 1 amide bonds. The Morgan fingerprint density at radius 3 is 2.27 bits per heavy atom. The minimum Gasteiger partial charge on any atom is -0.480 e. The summed E-state index contributed by atoms with van der Waals surface area (Å²) in [6, 6.07) is -0.0517. The van der Waals surface area contributed by atoms with Gasteiger partial charge in [0.25, 0.3) is 0 Å². The summed E-state index contributed by atoms with van der Waals surface area (Å²) in [6.45, 7) is 7.16. The summed E-state index contributed by atoms with van der Waals surface area (Å²) in [7, 11) is 0. The van der Waals surface area contributed by atoms with Gasteiger partial charge in [0.2, 0.25) is 5.91 Å². The number of aliphatic carboxylic acids is 1. The van der Waals surface area contributed by atoms with Crippen LogP contribution in [0.4, 0.5) is 0 Å². The van der Waals surface area contributed by atoms with E-state index in [9.17, 15) is 9.59 Å². The van der Waals surface area contributed by atoms with Crippen molar-refractivity contribution in [1.82, 2.24) is 4.90 Å². The van der Waals surface area contributed by atoms with Crippen molar-refractivity contribution in [2.45, 2.75) is 40.2 Å². The van der Waals surface area contributed by atoms with E-state index in [1.54, 1.807) is 0 Å². The fourth-order valence-electron chi connectivity index (χ4n) is 1.15. The van der Waals surface area contributed by atoms with Gasteiger partial charge in [-0.25, -0.2) is 0 Å². The second-order valence-corrected chi connectivity index (χ2v) is 3.84. The molecule has 0 fully saturated rings. The van der Waals surface area contributed by atoms with Gasteiger partial charge in [-0.3, -0.25) is 9.59 Å². The van der Waals surface area contributed by atoms with Crippen molar-refractivity contribution in [3.05, 3.63) is 11.6 Å². The Balaban J connectivity index is 4.69. The van der Waals surface area contributed by atoms with Gasteiger partial charge in [-0.1, -0.05) is 12.5 Å². The molecule has 0 rings (SSSR count). The molecule has 86 valence electrons. The molecule has 0 aromatic heterocycles. The van der Waals surface area contributed by atoms with Gasteiger partial charge in [-0.2, -0.15) is 0 Å². The zero-order valence-electron chi connectivity index (χ0n) is 9.78. The van der Waals surface area contributed by atoms with Gasteiger partial charge in [-0.15, -0.1) is 0 Å². The van der Waals surface area contributed by atoms with Crippen molar-refractivity contribution in [3.8, 4) is 0 Å². The number of hydrogen-bond acceptors (Lipinski definition) is 2. The van der Waals surface area contributed by atoms with Crippen LogP contribution in [0.15, 0.2) is 11.6 Å². The number of nitrogens with zero attached hydrogens (tertiary/aromatic N) is 1. The molecule has 0 aliphatic carbocycles.